The summed E-state index contributed by atoms with van der Waals surface area (Å²) in [5.41, 5.74) is 0. The Bertz CT molecular complexity index is 397. The molecule has 1 saturated heterocycles. The Kier molecular flexibility index (Phi) is 3.25. The lowest BCUT2D eigenvalue weighted by molar-refractivity contribution is -0.145. The molecule has 6 unspecified atom stereocenters. The second-order valence-corrected chi connectivity index (χ2v) is 6.20. The lowest BCUT2D eigenvalue weighted by Crippen LogP contribution is -2.49. The summed E-state index contributed by atoms with van der Waals surface area (Å²) in [6.07, 6.45) is 3.69. The van der Waals surface area contributed by atoms with Crippen LogP contribution in [0.15, 0.2) is 0 Å². The quantitative estimate of drug-likeness (QED) is 0.800. The van der Waals surface area contributed by atoms with Crippen molar-refractivity contribution >= 4 is 11.9 Å². The molecule has 19 heavy (non-hydrogen) atoms. The Hall–Kier alpha value is -1.10. The Morgan fingerprint density at radius 1 is 1.21 bits per heavy atom. The van der Waals surface area contributed by atoms with Crippen molar-refractivity contribution < 1.29 is 19.4 Å². The molecule has 2 N–H and O–H groups in total. The van der Waals surface area contributed by atoms with Crippen LogP contribution in [0.3, 0.4) is 0 Å². The summed E-state index contributed by atoms with van der Waals surface area (Å²) in [5, 5.41) is 12.4. The number of fused-ring (bicyclic) bond motifs is 2. The van der Waals surface area contributed by atoms with Crippen LogP contribution < -0.4 is 5.32 Å². The summed E-state index contributed by atoms with van der Waals surface area (Å²) >= 11 is 0. The van der Waals surface area contributed by atoms with Crippen molar-refractivity contribution in [1.82, 2.24) is 5.32 Å². The van der Waals surface area contributed by atoms with Gasteiger partial charge in [-0.15, -0.1) is 0 Å². The van der Waals surface area contributed by atoms with E-state index in [0.29, 0.717) is 12.5 Å². The number of rotatable bonds is 3. The van der Waals surface area contributed by atoms with E-state index in [-0.39, 0.29) is 35.8 Å². The Morgan fingerprint density at radius 2 is 1.95 bits per heavy atom. The Balaban J connectivity index is 1.68. The molecule has 1 amide bonds. The van der Waals surface area contributed by atoms with Gasteiger partial charge in [0.2, 0.25) is 5.91 Å². The van der Waals surface area contributed by atoms with Crippen LogP contribution in [0.1, 0.15) is 32.6 Å². The van der Waals surface area contributed by atoms with E-state index in [1.165, 1.54) is 0 Å². The number of hydrogen-bond donors (Lipinski definition) is 2. The van der Waals surface area contributed by atoms with Gasteiger partial charge >= 0.3 is 5.97 Å². The summed E-state index contributed by atoms with van der Waals surface area (Å²) in [5.74, 6) is -0.673. The molecule has 5 heteroatoms. The highest BCUT2D eigenvalue weighted by molar-refractivity contribution is 5.81. The molecular formula is C14H21NO4. The van der Waals surface area contributed by atoms with E-state index in [2.05, 4.69) is 5.32 Å². The van der Waals surface area contributed by atoms with Gasteiger partial charge in [-0.1, -0.05) is 0 Å². The summed E-state index contributed by atoms with van der Waals surface area (Å²) in [4.78, 5) is 23.7. The van der Waals surface area contributed by atoms with Gasteiger partial charge in [-0.2, -0.15) is 0 Å². The third kappa shape index (κ3) is 2.14. The SMILES string of the molecule is CC1OCCC1C(=O)NC1C2CCC(C2)C1C(=O)O. The van der Waals surface area contributed by atoms with Crippen LogP contribution in [-0.2, 0) is 14.3 Å². The van der Waals surface area contributed by atoms with Crippen LogP contribution in [0.25, 0.3) is 0 Å². The number of carbonyl (C=O) groups excluding carboxylic acids is 1. The van der Waals surface area contributed by atoms with Crippen molar-refractivity contribution in [2.75, 3.05) is 6.61 Å². The maximum Gasteiger partial charge on any atom is 0.308 e. The molecule has 0 aromatic rings. The first-order chi connectivity index (χ1) is 9.08. The minimum Gasteiger partial charge on any atom is -0.481 e. The average molecular weight is 267 g/mol. The summed E-state index contributed by atoms with van der Waals surface area (Å²) in [6.45, 7) is 2.53. The third-order valence-corrected chi connectivity index (χ3v) is 5.22. The van der Waals surface area contributed by atoms with Crippen LogP contribution in [0.5, 0.6) is 0 Å². The van der Waals surface area contributed by atoms with Gasteiger partial charge in [-0.3, -0.25) is 9.59 Å². The van der Waals surface area contributed by atoms with Gasteiger partial charge in [0, 0.05) is 12.6 Å². The molecular weight excluding hydrogens is 246 g/mol. The van der Waals surface area contributed by atoms with E-state index >= 15 is 0 Å². The van der Waals surface area contributed by atoms with Crippen LogP contribution in [0, 0.1) is 23.7 Å². The monoisotopic (exact) mass is 267 g/mol. The molecule has 3 fully saturated rings. The first-order valence-electron chi connectivity index (χ1n) is 7.22. The molecule has 1 aliphatic heterocycles. The second-order valence-electron chi connectivity index (χ2n) is 6.20. The van der Waals surface area contributed by atoms with E-state index in [9.17, 15) is 14.7 Å². The van der Waals surface area contributed by atoms with Gasteiger partial charge in [0.1, 0.15) is 0 Å². The smallest absolute Gasteiger partial charge is 0.308 e. The highest BCUT2D eigenvalue weighted by atomic mass is 16.5. The van der Waals surface area contributed by atoms with Crippen molar-refractivity contribution in [1.29, 1.82) is 0 Å². The van der Waals surface area contributed by atoms with E-state index in [4.69, 9.17) is 4.74 Å². The fourth-order valence-electron chi connectivity index (χ4n) is 4.20. The van der Waals surface area contributed by atoms with Crippen molar-refractivity contribution in [2.24, 2.45) is 23.7 Å². The maximum atomic E-state index is 12.3. The Labute approximate surface area is 112 Å². The number of carbonyl (C=O) groups is 2. The van der Waals surface area contributed by atoms with E-state index < -0.39 is 5.97 Å². The molecule has 3 rings (SSSR count). The molecule has 5 nitrogen and oxygen atoms in total. The van der Waals surface area contributed by atoms with Crippen LogP contribution in [-0.4, -0.2) is 35.7 Å². The van der Waals surface area contributed by atoms with Crippen molar-refractivity contribution in [2.45, 2.75) is 44.8 Å². The molecule has 1 heterocycles. The van der Waals surface area contributed by atoms with Crippen LogP contribution in [0.4, 0.5) is 0 Å². The predicted octanol–water partition coefficient (Wildman–Crippen LogP) is 1.03. The number of ether oxygens (including phenoxy) is 1. The summed E-state index contributed by atoms with van der Waals surface area (Å²) < 4.78 is 5.41. The zero-order chi connectivity index (χ0) is 13.6. The summed E-state index contributed by atoms with van der Waals surface area (Å²) in [7, 11) is 0. The topological polar surface area (TPSA) is 75.6 Å². The average Bonchev–Trinajstić information content (AvgIpc) is 3.03. The molecule has 2 saturated carbocycles. The van der Waals surface area contributed by atoms with Gasteiger partial charge in [-0.05, 0) is 44.4 Å². The van der Waals surface area contributed by atoms with Gasteiger partial charge in [0.25, 0.3) is 0 Å². The lowest BCUT2D eigenvalue weighted by Gasteiger charge is -2.30. The minimum atomic E-state index is -0.756. The fourth-order valence-corrected chi connectivity index (χ4v) is 4.20. The van der Waals surface area contributed by atoms with E-state index in [0.717, 1.165) is 25.7 Å². The molecule has 106 valence electrons. The molecule has 0 aromatic carbocycles. The first-order valence-corrected chi connectivity index (χ1v) is 7.22. The largest absolute Gasteiger partial charge is 0.481 e. The summed E-state index contributed by atoms with van der Waals surface area (Å²) in [6, 6.07) is -0.170. The number of aliphatic carboxylic acids is 1. The van der Waals surface area contributed by atoms with Crippen molar-refractivity contribution in [3.63, 3.8) is 0 Å². The third-order valence-electron chi connectivity index (χ3n) is 5.22. The van der Waals surface area contributed by atoms with Gasteiger partial charge in [-0.25, -0.2) is 0 Å². The molecule has 2 aliphatic carbocycles. The molecule has 0 spiro atoms. The standard InChI is InChI=1S/C14H21NO4/c1-7-10(4-5-19-7)13(16)15-12-9-3-2-8(6-9)11(12)14(17)18/h7-12H,2-6H2,1H3,(H,15,16)(H,17,18). The fraction of sp³-hybridized carbons (Fsp3) is 0.857. The second kappa shape index (κ2) is 4.78. The number of hydrogen-bond acceptors (Lipinski definition) is 3. The van der Waals surface area contributed by atoms with Crippen LogP contribution >= 0.6 is 0 Å². The molecule has 3 aliphatic rings. The van der Waals surface area contributed by atoms with Crippen LogP contribution in [0.2, 0.25) is 0 Å². The first kappa shape index (κ1) is 12.9. The van der Waals surface area contributed by atoms with E-state index in [1.807, 2.05) is 6.92 Å². The number of carboxylic acids is 1. The van der Waals surface area contributed by atoms with E-state index in [1.54, 1.807) is 0 Å². The minimum absolute atomic E-state index is 0.0196. The zero-order valence-corrected chi connectivity index (χ0v) is 11.2. The lowest BCUT2D eigenvalue weighted by atomic mass is 9.84. The maximum absolute atomic E-state index is 12.3. The highest BCUT2D eigenvalue weighted by Crippen LogP contribution is 2.48. The zero-order valence-electron chi connectivity index (χ0n) is 11.2. The van der Waals surface area contributed by atoms with Gasteiger partial charge in [0.15, 0.2) is 0 Å². The number of nitrogens with one attached hydrogen (secondary N) is 1. The molecule has 6 atom stereocenters. The number of carboxylic acid groups (broad SMARTS) is 1. The molecule has 0 aromatic heterocycles. The van der Waals surface area contributed by atoms with Gasteiger partial charge in [0.05, 0.1) is 17.9 Å². The molecule has 2 bridgehead atoms. The Morgan fingerprint density at radius 3 is 2.58 bits per heavy atom. The highest BCUT2D eigenvalue weighted by Gasteiger charge is 2.52. The van der Waals surface area contributed by atoms with Crippen molar-refractivity contribution in [3.8, 4) is 0 Å². The molecule has 0 radical (unpaired) electrons. The van der Waals surface area contributed by atoms with Crippen molar-refractivity contribution in [3.05, 3.63) is 0 Å². The number of amides is 1. The predicted molar refractivity (Wildman–Crippen MR) is 67.4 cm³/mol. The normalized spacial score (nSPS) is 44.5. The van der Waals surface area contributed by atoms with Gasteiger partial charge < -0.3 is 15.2 Å².